The number of hydrogen-bond donors (Lipinski definition) is 1. The fraction of sp³-hybridized carbons (Fsp3) is 0.438. The normalized spacial score (nSPS) is 21.9. The fourth-order valence-electron chi connectivity index (χ4n) is 2.97. The summed E-state index contributed by atoms with van der Waals surface area (Å²) >= 11 is 0. The van der Waals surface area contributed by atoms with E-state index >= 15 is 0 Å². The number of nitrogens with two attached hydrogens (primary N) is 1. The summed E-state index contributed by atoms with van der Waals surface area (Å²) in [7, 11) is 0. The molecule has 0 radical (unpaired) electrons. The average Bonchev–Trinajstić information content (AvgIpc) is 2.71. The minimum atomic E-state index is -0.878. The van der Waals surface area contributed by atoms with Crippen LogP contribution in [0.4, 0.5) is 4.39 Å². The Hall–Kier alpha value is -1.68. The Morgan fingerprint density at radius 3 is 2.80 bits per heavy atom. The average molecular weight is 273 g/mol. The summed E-state index contributed by atoms with van der Waals surface area (Å²) in [5.41, 5.74) is 11.5. The van der Waals surface area contributed by atoms with Gasteiger partial charge in [-0.15, -0.1) is 0 Å². The van der Waals surface area contributed by atoms with E-state index in [9.17, 15) is 4.39 Å². The molecule has 0 bridgehead atoms. The maximum Gasteiger partial charge on any atom is 0.126 e. The van der Waals surface area contributed by atoms with Crippen molar-refractivity contribution in [2.45, 2.75) is 46.0 Å². The molecule has 0 spiro atoms. The van der Waals surface area contributed by atoms with Crippen LogP contribution >= 0.6 is 0 Å². The molecule has 3 nitrogen and oxygen atoms in total. The Balaban J connectivity index is 2.17. The van der Waals surface area contributed by atoms with Crippen LogP contribution in [0.15, 0.2) is 18.2 Å². The number of aromatic nitrogens is 2. The second-order valence-corrected chi connectivity index (χ2v) is 5.77. The standard InChI is InChI=1S/C16H20FN3/c1-9-4-5-10(2)13(6-9)15-11(3)20-8-12(17)7-14(18)16(20)19-15/h4-6,12,14H,7-8,18H2,1-3H3. The van der Waals surface area contributed by atoms with E-state index in [0.29, 0.717) is 13.0 Å². The van der Waals surface area contributed by atoms with Crippen molar-refractivity contribution in [3.05, 3.63) is 40.8 Å². The van der Waals surface area contributed by atoms with Crippen LogP contribution in [0.3, 0.4) is 0 Å². The first kappa shape index (κ1) is 13.3. The summed E-state index contributed by atoms with van der Waals surface area (Å²) in [6.07, 6.45) is -0.514. The number of rotatable bonds is 1. The molecule has 106 valence electrons. The number of nitrogens with zero attached hydrogens (tertiary/aromatic N) is 2. The number of aryl methyl sites for hydroxylation is 2. The molecule has 1 aliphatic heterocycles. The van der Waals surface area contributed by atoms with E-state index in [2.05, 4.69) is 32.0 Å². The molecule has 2 aromatic rings. The highest BCUT2D eigenvalue weighted by molar-refractivity contribution is 5.67. The molecule has 2 heterocycles. The molecule has 0 amide bonds. The quantitative estimate of drug-likeness (QED) is 0.867. The van der Waals surface area contributed by atoms with E-state index in [0.717, 1.165) is 22.8 Å². The minimum absolute atomic E-state index is 0.309. The Morgan fingerprint density at radius 2 is 2.05 bits per heavy atom. The summed E-state index contributed by atoms with van der Waals surface area (Å²) in [6, 6.07) is 6.01. The van der Waals surface area contributed by atoms with Crippen molar-refractivity contribution < 1.29 is 4.39 Å². The molecule has 3 rings (SSSR count). The van der Waals surface area contributed by atoms with Crippen molar-refractivity contribution in [1.29, 1.82) is 0 Å². The molecule has 1 aromatic heterocycles. The zero-order chi connectivity index (χ0) is 14.4. The van der Waals surface area contributed by atoms with E-state index in [-0.39, 0.29) is 6.04 Å². The summed E-state index contributed by atoms with van der Waals surface area (Å²) in [4.78, 5) is 4.71. The first-order valence-corrected chi connectivity index (χ1v) is 7.01. The molecular formula is C16H20FN3. The van der Waals surface area contributed by atoms with Gasteiger partial charge in [0.25, 0.3) is 0 Å². The summed E-state index contributed by atoms with van der Waals surface area (Å²) in [5.74, 6) is 0.812. The topological polar surface area (TPSA) is 43.8 Å². The Bertz CT molecular complexity index is 660. The summed E-state index contributed by atoms with van der Waals surface area (Å²) in [5, 5.41) is 0. The van der Waals surface area contributed by atoms with Crippen molar-refractivity contribution in [3.63, 3.8) is 0 Å². The van der Waals surface area contributed by atoms with Gasteiger partial charge in [-0.05, 0) is 32.4 Å². The molecule has 0 saturated heterocycles. The van der Waals surface area contributed by atoms with E-state index in [1.807, 2.05) is 11.5 Å². The van der Waals surface area contributed by atoms with Gasteiger partial charge in [0.05, 0.1) is 18.3 Å². The molecule has 0 fully saturated rings. The van der Waals surface area contributed by atoms with Gasteiger partial charge < -0.3 is 10.3 Å². The second-order valence-electron chi connectivity index (χ2n) is 5.77. The molecule has 1 aromatic carbocycles. The highest BCUT2D eigenvalue weighted by Gasteiger charge is 2.29. The van der Waals surface area contributed by atoms with Crippen molar-refractivity contribution in [2.24, 2.45) is 5.73 Å². The number of hydrogen-bond acceptors (Lipinski definition) is 2. The lowest BCUT2D eigenvalue weighted by Crippen LogP contribution is -2.30. The maximum atomic E-state index is 13.7. The Kier molecular flexibility index (Phi) is 3.13. The third-order valence-corrected chi connectivity index (χ3v) is 4.12. The third-order valence-electron chi connectivity index (χ3n) is 4.12. The first-order valence-electron chi connectivity index (χ1n) is 7.01. The molecule has 20 heavy (non-hydrogen) atoms. The van der Waals surface area contributed by atoms with Crippen molar-refractivity contribution >= 4 is 0 Å². The van der Waals surface area contributed by atoms with Crippen LogP contribution in [0.2, 0.25) is 0 Å². The van der Waals surface area contributed by atoms with Crippen molar-refractivity contribution in [2.75, 3.05) is 0 Å². The van der Waals surface area contributed by atoms with Gasteiger partial charge >= 0.3 is 0 Å². The SMILES string of the molecule is Cc1ccc(C)c(-c2nc3n(c2C)CC(F)CC3N)c1. The van der Waals surface area contributed by atoms with Crippen LogP contribution in [-0.2, 0) is 6.54 Å². The molecule has 2 N–H and O–H groups in total. The number of halogens is 1. The van der Waals surface area contributed by atoms with E-state index < -0.39 is 6.17 Å². The second kappa shape index (κ2) is 4.70. The molecule has 0 saturated carbocycles. The van der Waals surface area contributed by atoms with Gasteiger partial charge in [-0.25, -0.2) is 9.37 Å². The monoisotopic (exact) mass is 273 g/mol. The smallest absolute Gasteiger partial charge is 0.126 e. The van der Waals surface area contributed by atoms with Crippen LogP contribution in [0.1, 0.15) is 35.1 Å². The van der Waals surface area contributed by atoms with Gasteiger partial charge in [-0.2, -0.15) is 0 Å². The van der Waals surface area contributed by atoms with E-state index in [1.54, 1.807) is 0 Å². The van der Waals surface area contributed by atoms with Crippen LogP contribution in [0.25, 0.3) is 11.3 Å². The van der Waals surface area contributed by atoms with E-state index in [4.69, 9.17) is 10.7 Å². The molecular weight excluding hydrogens is 253 g/mol. The van der Waals surface area contributed by atoms with Crippen LogP contribution in [0, 0.1) is 20.8 Å². The fourth-order valence-corrected chi connectivity index (χ4v) is 2.97. The Morgan fingerprint density at radius 1 is 1.30 bits per heavy atom. The van der Waals surface area contributed by atoms with Crippen LogP contribution < -0.4 is 5.73 Å². The highest BCUT2D eigenvalue weighted by Crippen LogP contribution is 2.33. The van der Waals surface area contributed by atoms with E-state index in [1.165, 1.54) is 11.1 Å². The van der Waals surface area contributed by atoms with Crippen LogP contribution in [-0.4, -0.2) is 15.7 Å². The largest absolute Gasteiger partial charge is 0.327 e. The molecule has 1 aliphatic rings. The summed E-state index contributed by atoms with van der Waals surface area (Å²) < 4.78 is 15.7. The van der Waals surface area contributed by atoms with Crippen molar-refractivity contribution in [1.82, 2.24) is 9.55 Å². The molecule has 4 heteroatoms. The van der Waals surface area contributed by atoms with Gasteiger partial charge in [-0.1, -0.05) is 17.7 Å². The predicted molar refractivity (Wildman–Crippen MR) is 78.3 cm³/mol. The lowest BCUT2D eigenvalue weighted by Gasteiger charge is -2.23. The molecule has 0 aliphatic carbocycles. The van der Waals surface area contributed by atoms with Gasteiger partial charge in [0.15, 0.2) is 0 Å². The number of fused-ring (bicyclic) bond motifs is 1. The molecule has 2 unspecified atom stereocenters. The minimum Gasteiger partial charge on any atom is -0.327 e. The number of imidazole rings is 1. The number of benzene rings is 1. The Labute approximate surface area is 118 Å². The third kappa shape index (κ3) is 2.04. The lowest BCUT2D eigenvalue weighted by molar-refractivity contribution is 0.229. The van der Waals surface area contributed by atoms with Gasteiger partial charge in [0, 0.05) is 17.7 Å². The first-order chi connectivity index (χ1) is 9.47. The maximum absolute atomic E-state index is 13.7. The number of alkyl halides is 1. The van der Waals surface area contributed by atoms with Gasteiger partial charge in [0.1, 0.15) is 12.0 Å². The van der Waals surface area contributed by atoms with Crippen molar-refractivity contribution in [3.8, 4) is 11.3 Å². The van der Waals surface area contributed by atoms with Crippen LogP contribution in [0.5, 0.6) is 0 Å². The molecule has 2 atom stereocenters. The zero-order valence-electron chi connectivity index (χ0n) is 12.2. The highest BCUT2D eigenvalue weighted by atomic mass is 19.1. The van der Waals surface area contributed by atoms with Gasteiger partial charge in [-0.3, -0.25) is 0 Å². The predicted octanol–water partition coefficient (Wildman–Crippen LogP) is 3.22. The summed E-state index contributed by atoms with van der Waals surface area (Å²) in [6.45, 7) is 6.51. The zero-order valence-corrected chi connectivity index (χ0v) is 12.2. The van der Waals surface area contributed by atoms with Gasteiger partial charge in [0.2, 0.25) is 0 Å². The lowest BCUT2D eigenvalue weighted by atomic mass is 10.0.